The van der Waals surface area contributed by atoms with Crippen LogP contribution in [-0.4, -0.2) is 5.78 Å². The summed E-state index contributed by atoms with van der Waals surface area (Å²) in [5, 5.41) is 1.07. The van der Waals surface area contributed by atoms with Gasteiger partial charge in [0.1, 0.15) is 0 Å². The minimum absolute atomic E-state index is 0.0887. The van der Waals surface area contributed by atoms with Crippen LogP contribution in [0.5, 0.6) is 0 Å². The van der Waals surface area contributed by atoms with Crippen molar-refractivity contribution in [1.82, 2.24) is 0 Å². The molecule has 0 bridgehead atoms. The first-order valence-electron chi connectivity index (χ1n) is 5.49. The Bertz CT molecular complexity index is 643. The van der Waals surface area contributed by atoms with Crippen LogP contribution in [0.1, 0.15) is 15.9 Å². The number of carbonyl (C=O) groups excluding carboxylic acids is 1. The molecule has 0 radical (unpaired) electrons. The van der Waals surface area contributed by atoms with E-state index in [0.717, 1.165) is 4.47 Å². The van der Waals surface area contributed by atoms with E-state index in [1.54, 1.807) is 36.4 Å². The van der Waals surface area contributed by atoms with Gasteiger partial charge in [-0.05, 0) is 42.0 Å². The smallest absolute Gasteiger partial charge is 0.169 e. The Kier molecular flexibility index (Phi) is 4.50. The summed E-state index contributed by atoms with van der Waals surface area (Å²) in [6, 6.07) is 10.2. The average Bonchev–Trinajstić information content (AvgIpc) is 2.33. The van der Waals surface area contributed by atoms with Crippen molar-refractivity contribution in [2.45, 2.75) is 6.42 Å². The quantitative estimate of drug-likeness (QED) is 0.634. The Morgan fingerprint density at radius 2 is 1.89 bits per heavy atom. The highest BCUT2D eigenvalue weighted by atomic mass is 79.9. The lowest BCUT2D eigenvalue weighted by Gasteiger charge is -2.07. The number of hydrogen-bond donors (Lipinski definition) is 1. The van der Waals surface area contributed by atoms with E-state index < -0.39 is 0 Å². The Morgan fingerprint density at radius 3 is 2.58 bits per heavy atom. The van der Waals surface area contributed by atoms with Crippen molar-refractivity contribution < 1.29 is 4.79 Å². The van der Waals surface area contributed by atoms with Crippen molar-refractivity contribution in [2.75, 3.05) is 5.73 Å². The molecule has 0 aliphatic carbocycles. The third-order valence-corrected chi connectivity index (χ3v) is 3.77. The first-order chi connectivity index (χ1) is 8.97. The standard InChI is InChI=1S/C14H10BrCl2NO/c15-9-1-3-11(13(18)7-9)14(19)6-8-5-10(16)2-4-12(8)17/h1-5,7H,6,18H2. The van der Waals surface area contributed by atoms with E-state index in [-0.39, 0.29) is 12.2 Å². The number of nitrogens with two attached hydrogens (primary N) is 1. The second-order valence-electron chi connectivity index (χ2n) is 4.07. The maximum absolute atomic E-state index is 12.2. The third-order valence-electron chi connectivity index (χ3n) is 2.67. The van der Waals surface area contributed by atoms with Gasteiger partial charge in [0.2, 0.25) is 0 Å². The van der Waals surface area contributed by atoms with Crippen LogP contribution in [0.25, 0.3) is 0 Å². The lowest BCUT2D eigenvalue weighted by atomic mass is 10.0. The summed E-state index contributed by atoms with van der Waals surface area (Å²) in [5.41, 5.74) is 7.46. The van der Waals surface area contributed by atoms with Crippen LogP contribution >= 0.6 is 39.1 Å². The van der Waals surface area contributed by atoms with Gasteiger partial charge >= 0.3 is 0 Å². The van der Waals surface area contributed by atoms with Crippen molar-refractivity contribution in [3.05, 3.63) is 62.0 Å². The second kappa shape index (κ2) is 5.95. The van der Waals surface area contributed by atoms with Crippen molar-refractivity contribution in [3.8, 4) is 0 Å². The fraction of sp³-hybridized carbons (Fsp3) is 0.0714. The van der Waals surface area contributed by atoms with Crippen LogP contribution in [0.15, 0.2) is 40.9 Å². The summed E-state index contributed by atoms with van der Waals surface area (Å²) in [5.74, 6) is -0.0887. The molecule has 0 atom stereocenters. The monoisotopic (exact) mass is 357 g/mol. The Labute approximate surface area is 129 Å². The minimum Gasteiger partial charge on any atom is -0.398 e. The number of nitrogen functional groups attached to an aromatic ring is 1. The summed E-state index contributed by atoms with van der Waals surface area (Å²) in [6.45, 7) is 0. The second-order valence-corrected chi connectivity index (χ2v) is 5.83. The van der Waals surface area contributed by atoms with Crippen LogP contribution < -0.4 is 5.73 Å². The zero-order valence-electron chi connectivity index (χ0n) is 9.79. The van der Waals surface area contributed by atoms with Gasteiger partial charge in [-0.2, -0.15) is 0 Å². The molecule has 98 valence electrons. The summed E-state index contributed by atoms with van der Waals surface area (Å²) >= 11 is 15.2. The Balaban J connectivity index is 2.28. The predicted molar refractivity (Wildman–Crippen MR) is 83.1 cm³/mol. The van der Waals surface area contributed by atoms with Gasteiger partial charge in [0.15, 0.2) is 5.78 Å². The van der Waals surface area contributed by atoms with E-state index in [9.17, 15) is 4.79 Å². The molecular weight excluding hydrogens is 349 g/mol. The maximum atomic E-state index is 12.2. The molecule has 2 aromatic carbocycles. The van der Waals surface area contributed by atoms with Gasteiger partial charge in [-0.25, -0.2) is 0 Å². The Morgan fingerprint density at radius 1 is 1.16 bits per heavy atom. The van der Waals surface area contributed by atoms with E-state index in [1.807, 2.05) is 0 Å². The highest BCUT2D eigenvalue weighted by Gasteiger charge is 2.13. The lowest BCUT2D eigenvalue weighted by Crippen LogP contribution is -2.07. The van der Waals surface area contributed by atoms with E-state index in [1.165, 1.54) is 0 Å². The number of rotatable bonds is 3. The van der Waals surface area contributed by atoms with Gasteiger partial charge in [-0.1, -0.05) is 39.1 Å². The minimum atomic E-state index is -0.0887. The first kappa shape index (κ1) is 14.4. The van der Waals surface area contributed by atoms with Gasteiger partial charge in [0.05, 0.1) is 0 Å². The third kappa shape index (κ3) is 3.50. The van der Waals surface area contributed by atoms with Crippen LogP contribution in [0.2, 0.25) is 10.0 Å². The normalized spacial score (nSPS) is 10.5. The fourth-order valence-corrected chi connectivity index (χ4v) is 2.49. The van der Waals surface area contributed by atoms with Crippen LogP contribution in [-0.2, 0) is 6.42 Å². The number of Topliss-reactive ketones (excluding diaryl/α,β-unsaturated/α-hetero) is 1. The molecule has 0 aromatic heterocycles. The zero-order valence-corrected chi connectivity index (χ0v) is 12.9. The molecule has 19 heavy (non-hydrogen) atoms. The van der Waals surface area contributed by atoms with Gasteiger partial charge in [0.25, 0.3) is 0 Å². The molecule has 0 spiro atoms. The molecule has 2 aromatic rings. The molecule has 0 fully saturated rings. The van der Waals surface area contributed by atoms with E-state index in [2.05, 4.69) is 15.9 Å². The van der Waals surface area contributed by atoms with Gasteiger partial charge in [-0.15, -0.1) is 0 Å². The first-order valence-corrected chi connectivity index (χ1v) is 7.04. The average molecular weight is 359 g/mol. The van der Waals surface area contributed by atoms with Crippen molar-refractivity contribution in [3.63, 3.8) is 0 Å². The van der Waals surface area contributed by atoms with Gasteiger partial charge in [-0.3, -0.25) is 4.79 Å². The predicted octanol–water partition coefficient (Wildman–Crippen LogP) is 4.76. The van der Waals surface area contributed by atoms with E-state index in [4.69, 9.17) is 28.9 Å². The fourth-order valence-electron chi connectivity index (χ4n) is 1.73. The topological polar surface area (TPSA) is 43.1 Å². The molecule has 2 N–H and O–H groups in total. The highest BCUT2D eigenvalue weighted by molar-refractivity contribution is 9.10. The molecular formula is C14H10BrCl2NO. The molecule has 0 saturated carbocycles. The van der Waals surface area contributed by atoms with Gasteiger partial charge < -0.3 is 5.73 Å². The number of carbonyl (C=O) groups is 1. The van der Waals surface area contributed by atoms with Crippen molar-refractivity contribution >= 4 is 50.6 Å². The van der Waals surface area contributed by atoms with Gasteiger partial charge in [0, 0.05) is 32.2 Å². The summed E-state index contributed by atoms with van der Waals surface area (Å²) in [7, 11) is 0. The van der Waals surface area contributed by atoms with E-state index >= 15 is 0 Å². The number of halogens is 3. The number of anilines is 1. The van der Waals surface area contributed by atoms with Crippen LogP contribution in [0.3, 0.4) is 0 Å². The molecule has 0 aliphatic rings. The molecule has 0 heterocycles. The molecule has 5 heteroatoms. The van der Waals surface area contributed by atoms with Crippen molar-refractivity contribution in [1.29, 1.82) is 0 Å². The SMILES string of the molecule is Nc1cc(Br)ccc1C(=O)Cc1cc(Cl)ccc1Cl. The highest BCUT2D eigenvalue weighted by Crippen LogP contribution is 2.24. The van der Waals surface area contributed by atoms with Crippen LogP contribution in [0.4, 0.5) is 5.69 Å². The molecule has 2 rings (SSSR count). The van der Waals surface area contributed by atoms with Crippen LogP contribution in [0, 0.1) is 0 Å². The summed E-state index contributed by atoms with van der Waals surface area (Å²) < 4.78 is 0.835. The van der Waals surface area contributed by atoms with Crippen molar-refractivity contribution in [2.24, 2.45) is 0 Å². The molecule has 0 saturated heterocycles. The number of benzene rings is 2. The lowest BCUT2D eigenvalue weighted by molar-refractivity contribution is 0.0994. The largest absolute Gasteiger partial charge is 0.398 e. The van der Waals surface area contributed by atoms with E-state index in [0.29, 0.717) is 26.9 Å². The number of hydrogen-bond acceptors (Lipinski definition) is 2. The molecule has 2 nitrogen and oxygen atoms in total. The number of ketones is 1. The summed E-state index contributed by atoms with van der Waals surface area (Å²) in [6.07, 6.45) is 0.172. The molecule has 0 aliphatic heterocycles. The molecule has 0 amide bonds. The summed E-state index contributed by atoms with van der Waals surface area (Å²) in [4.78, 5) is 12.2. The zero-order chi connectivity index (χ0) is 14.0. The maximum Gasteiger partial charge on any atom is 0.169 e. The molecule has 0 unspecified atom stereocenters. The Hall–Kier alpha value is -1.03.